The first-order chi connectivity index (χ1) is 5.85. The fraction of sp³-hybridized carbons (Fsp3) is 0.667. The molecule has 0 bridgehead atoms. The van der Waals surface area contributed by atoms with Crippen LogP contribution in [0.4, 0.5) is 0 Å². The van der Waals surface area contributed by atoms with Gasteiger partial charge in [-0.05, 0) is 25.7 Å². The molecule has 0 heteroatoms. The largest absolute Gasteiger partial charge is 0.0848 e. The molecule has 0 nitrogen and oxygen atoms in total. The first-order valence-corrected chi connectivity index (χ1v) is 5.19. The quantitative estimate of drug-likeness (QED) is 0.510. The van der Waals surface area contributed by atoms with Crippen molar-refractivity contribution in [1.29, 1.82) is 0 Å². The van der Waals surface area contributed by atoms with Crippen molar-refractivity contribution in [3.8, 4) is 0 Å². The Hall–Kier alpha value is -0.520. The lowest BCUT2D eigenvalue weighted by Gasteiger charge is -2.00. The standard InChI is InChI=1S/C12H22/c1-4-7-9-11-12(6-3)10-8-5-2/h7,9,11H,4-6,8,10H2,1-3H3/b9-7-,12-11+. The van der Waals surface area contributed by atoms with Crippen LogP contribution in [0.1, 0.15) is 52.9 Å². The summed E-state index contributed by atoms with van der Waals surface area (Å²) >= 11 is 0. The van der Waals surface area contributed by atoms with Gasteiger partial charge in [-0.15, -0.1) is 0 Å². The van der Waals surface area contributed by atoms with Crippen LogP contribution in [0.5, 0.6) is 0 Å². The number of rotatable bonds is 6. The van der Waals surface area contributed by atoms with Gasteiger partial charge in [-0.3, -0.25) is 0 Å². The Morgan fingerprint density at radius 3 is 2.42 bits per heavy atom. The number of allylic oxidation sites excluding steroid dienone is 4. The van der Waals surface area contributed by atoms with Gasteiger partial charge in [0, 0.05) is 0 Å². The van der Waals surface area contributed by atoms with Gasteiger partial charge in [0.05, 0.1) is 0 Å². The minimum atomic E-state index is 1.14. The highest BCUT2D eigenvalue weighted by Gasteiger charge is 1.90. The molecular weight excluding hydrogens is 144 g/mol. The Morgan fingerprint density at radius 1 is 1.17 bits per heavy atom. The molecule has 0 aliphatic carbocycles. The highest BCUT2D eigenvalue weighted by atomic mass is 14.0. The van der Waals surface area contributed by atoms with Crippen LogP contribution in [0.3, 0.4) is 0 Å². The van der Waals surface area contributed by atoms with Crippen molar-refractivity contribution >= 4 is 0 Å². The molecule has 0 aliphatic heterocycles. The lowest BCUT2D eigenvalue weighted by molar-refractivity contribution is 0.766. The summed E-state index contributed by atoms with van der Waals surface area (Å²) in [6.45, 7) is 6.65. The van der Waals surface area contributed by atoms with Crippen molar-refractivity contribution in [2.75, 3.05) is 0 Å². The summed E-state index contributed by atoms with van der Waals surface area (Å²) in [5, 5.41) is 0. The molecule has 0 amide bonds. The minimum Gasteiger partial charge on any atom is -0.0848 e. The van der Waals surface area contributed by atoms with E-state index in [0.29, 0.717) is 0 Å². The molecule has 0 saturated heterocycles. The maximum atomic E-state index is 2.28. The van der Waals surface area contributed by atoms with Crippen molar-refractivity contribution in [3.05, 3.63) is 23.8 Å². The van der Waals surface area contributed by atoms with E-state index in [4.69, 9.17) is 0 Å². The maximum Gasteiger partial charge on any atom is -0.0317 e. The Labute approximate surface area is 77.4 Å². The summed E-state index contributed by atoms with van der Waals surface area (Å²) in [6, 6.07) is 0. The van der Waals surface area contributed by atoms with Crippen molar-refractivity contribution < 1.29 is 0 Å². The zero-order chi connectivity index (χ0) is 9.23. The molecule has 0 aliphatic rings. The van der Waals surface area contributed by atoms with E-state index in [9.17, 15) is 0 Å². The van der Waals surface area contributed by atoms with E-state index in [0.717, 1.165) is 6.42 Å². The van der Waals surface area contributed by atoms with Crippen LogP contribution in [0.25, 0.3) is 0 Å². The van der Waals surface area contributed by atoms with Gasteiger partial charge in [-0.25, -0.2) is 0 Å². The summed E-state index contributed by atoms with van der Waals surface area (Å²) in [5.41, 5.74) is 1.58. The van der Waals surface area contributed by atoms with E-state index in [1.807, 2.05) is 0 Å². The van der Waals surface area contributed by atoms with Gasteiger partial charge in [0.1, 0.15) is 0 Å². The smallest absolute Gasteiger partial charge is 0.0317 e. The van der Waals surface area contributed by atoms with Gasteiger partial charge in [-0.2, -0.15) is 0 Å². The molecule has 0 atom stereocenters. The predicted octanol–water partition coefficient (Wildman–Crippen LogP) is 4.48. The van der Waals surface area contributed by atoms with E-state index in [2.05, 4.69) is 39.0 Å². The molecule has 0 N–H and O–H groups in total. The second-order valence-corrected chi connectivity index (χ2v) is 3.12. The summed E-state index contributed by atoms with van der Waals surface area (Å²) in [7, 11) is 0. The molecule has 12 heavy (non-hydrogen) atoms. The molecule has 0 spiro atoms. The van der Waals surface area contributed by atoms with Crippen LogP contribution in [0, 0.1) is 0 Å². The molecule has 0 fully saturated rings. The first kappa shape index (κ1) is 11.5. The van der Waals surface area contributed by atoms with E-state index in [1.54, 1.807) is 5.57 Å². The zero-order valence-electron chi connectivity index (χ0n) is 8.77. The van der Waals surface area contributed by atoms with E-state index in [-0.39, 0.29) is 0 Å². The third-order valence-electron chi connectivity index (χ3n) is 2.01. The molecule has 0 heterocycles. The molecule has 0 rings (SSSR count). The molecule has 0 aromatic rings. The SMILES string of the molecule is CC/C=C\C=C(/CC)CCCC. The van der Waals surface area contributed by atoms with Crippen molar-refractivity contribution in [1.82, 2.24) is 0 Å². The fourth-order valence-corrected chi connectivity index (χ4v) is 1.12. The number of unbranched alkanes of at least 4 members (excludes halogenated alkanes) is 1. The van der Waals surface area contributed by atoms with Gasteiger partial charge in [-0.1, -0.05) is 51.0 Å². The summed E-state index contributed by atoms with van der Waals surface area (Å²) in [4.78, 5) is 0. The van der Waals surface area contributed by atoms with Gasteiger partial charge in [0.25, 0.3) is 0 Å². The Bertz CT molecular complexity index is 140. The summed E-state index contributed by atoms with van der Waals surface area (Å²) in [5.74, 6) is 0. The fourth-order valence-electron chi connectivity index (χ4n) is 1.12. The van der Waals surface area contributed by atoms with Gasteiger partial charge in [0.15, 0.2) is 0 Å². The molecular formula is C12H22. The highest BCUT2D eigenvalue weighted by Crippen LogP contribution is 2.10. The number of hydrogen-bond acceptors (Lipinski definition) is 0. The molecule has 0 aromatic heterocycles. The maximum absolute atomic E-state index is 2.28. The molecule has 70 valence electrons. The summed E-state index contributed by atoms with van der Waals surface area (Å²) in [6.07, 6.45) is 12.9. The van der Waals surface area contributed by atoms with Crippen LogP contribution in [0.2, 0.25) is 0 Å². The molecule has 0 unspecified atom stereocenters. The van der Waals surface area contributed by atoms with E-state index < -0.39 is 0 Å². The van der Waals surface area contributed by atoms with Crippen molar-refractivity contribution in [2.45, 2.75) is 52.9 Å². The Kier molecular flexibility index (Phi) is 8.20. The highest BCUT2D eigenvalue weighted by molar-refractivity contribution is 5.11. The predicted molar refractivity (Wildman–Crippen MR) is 57.3 cm³/mol. The van der Waals surface area contributed by atoms with Crippen LogP contribution in [-0.2, 0) is 0 Å². The monoisotopic (exact) mass is 166 g/mol. The first-order valence-electron chi connectivity index (χ1n) is 5.19. The number of hydrogen-bond donors (Lipinski definition) is 0. The third kappa shape index (κ3) is 6.21. The van der Waals surface area contributed by atoms with Gasteiger partial charge >= 0.3 is 0 Å². The molecule has 0 radical (unpaired) electrons. The topological polar surface area (TPSA) is 0 Å². The lowest BCUT2D eigenvalue weighted by atomic mass is 10.1. The molecule has 0 aromatic carbocycles. The Morgan fingerprint density at radius 2 is 1.92 bits per heavy atom. The van der Waals surface area contributed by atoms with Gasteiger partial charge < -0.3 is 0 Å². The van der Waals surface area contributed by atoms with E-state index in [1.165, 1.54) is 25.7 Å². The lowest BCUT2D eigenvalue weighted by Crippen LogP contribution is -1.80. The van der Waals surface area contributed by atoms with Crippen LogP contribution in [-0.4, -0.2) is 0 Å². The van der Waals surface area contributed by atoms with Crippen molar-refractivity contribution in [3.63, 3.8) is 0 Å². The molecule has 0 saturated carbocycles. The zero-order valence-corrected chi connectivity index (χ0v) is 8.77. The average molecular weight is 166 g/mol. The van der Waals surface area contributed by atoms with E-state index >= 15 is 0 Å². The van der Waals surface area contributed by atoms with Crippen LogP contribution < -0.4 is 0 Å². The normalized spacial score (nSPS) is 12.8. The Balaban J connectivity index is 3.78. The average Bonchev–Trinajstić information content (AvgIpc) is 2.11. The third-order valence-corrected chi connectivity index (χ3v) is 2.01. The van der Waals surface area contributed by atoms with Gasteiger partial charge in [0.2, 0.25) is 0 Å². The van der Waals surface area contributed by atoms with Crippen LogP contribution >= 0.6 is 0 Å². The second kappa shape index (κ2) is 8.58. The summed E-state index contributed by atoms with van der Waals surface area (Å²) < 4.78 is 0. The minimum absolute atomic E-state index is 1.14. The van der Waals surface area contributed by atoms with Crippen molar-refractivity contribution in [2.24, 2.45) is 0 Å². The van der Waals surface area contributed by atoms with Crippen LogP contribution in [0.15, 0.2) is 23.8 Å². The second-order valence-electron chi connectivity index (χ2n) is 3.12.